The largest absolute Gasteiger partial charge is 0.436 e. The van der Waals surface area contributed by atoms with Crippen LogP contribution in [0, 0.1) is 0 Å². The molecule has 0 atom stereocenters. The van der Waals surface area contributed by atoms with Gasteiger partial charge in [-0.1, -0.05) is 54.6 Å². The summed E-state index contributed by atoms with van der Waals surface area (Å²) in [6.45, 7) is 0. The van der Waals surface area contributed by atoms with Gasteiger partial charge in [0.15, 0.2) is 16.7 Å². The number of furan rings is 1. The maximum absolute atomic E-state index is 13.3. The molecule has 0 N–H and O–H groups in total. The Bertz CT molecular complexity index is 1770. The highest BCUT2D eigenvalue weighted by molar-refractivity contribution is 7.12. The summed E-state index contributed by atoms with van der Waals surface area (Å²) in [5.74, 6) is 0.499. The summed E-state index contributed by atoms with van der Waals surface area (Å²) >= 11 is 1.43. The Morgan fingerprint density at radius 1 is 0.857 bits per heavy atom. The van der Waals surface area contributed by atoms with E-state index in [0.29, 0.717) is 39.1 Å². The molecule has 0 aliphatic heterocycles. The molecule has 166 valence electrons. The minimum atomic E-state index is -0.300. The third-order valence-corrected chi connectivity index (χ3v) is 6.94. The lowest BCUT2D eigenvalue weighted by atomic mass is 10.0. The molecular weight excluding hydrogens is 458 g/mol. The molecule has 0 radical (unpaired) electrons. The van der Waals surface area contributed by atoms with Gasteiger partial charge in [-0.3, -0.25) is 14.2 Å². The summed E-state index contributed by atoms with van der Waals surface area (Å²) in [5, 5.41) is 4.37. The third kappa shape index (κ3) is 3.02. The summed E-state index contributed by atoms with van der Waals surface area (Å²) in [5.41, 5.74) is 2.98. The number of aromatic nitrogens is 3. The van der Waals surface area contributed by atoms with E-state index in [4.69, 9.17) is 4.42 Å². The minimum Gasteiger partial charge on any atom is -0.436 e. The molecule has 0 bridgehead atoms. The molecule has 1 aliphatic carbocycles. The number of rotatable bonds is 3. The number of imidazole rings is 1. The van der Waals surface area contributed by atoms with E-state index in [1.165, 1.54) is 11.3 Å². The molecule has 0 unspecified atom stereocenters. The van der Waals surface area contributed by atoms with Crippen LogP contribution in [0.5, 0.6) is 0 Å². The van der Waals surface area contributed by atoms with E-state index in [2.05, 4.69) is 9.97 Å². The van der Waals surface area contributed by atoms with Crippen LogP contribution in [-0.4, -0.2) is 26.1 Å². The van der Waals surface area contributed by atoms with Gasteiger partial charge in [0.25, 0.3) is 0 Å². The lowest BCUT2D eigenvalue weighted by molar-refractivity contribution is 0.0990. The first-order valence-corrected chi connectivity index (χ1v) is 11.9. The van der Waals surface area contributed by atoms with Crippen molar-refractivity contribution < 1.29 is 14.0 Å². The van der Waals surface area contributed by atoms with E-state index >= 15 is 0 Å². The second-order valence-corrected chi connectivity index (χ2v) is 9.12. The molecule has 3 aromatic carbocycles. The Kier molecular flexibility index (Phi) is 4.21. The Morgan fingerprint density at radius 2 is 1.54 bits per heavy atom. The molecule has 7 rings (SSSR count). The van der Waals surface area contributed by atoms with Crippen LogP contribution in [0.25, 0.3) is 44.5 Å². The van der Waals surface area contributed by atoms with Crippen molar-refractivity contribution in [3.05, 3.63) is 107 Å². The monoisotopic (exact) mass is 473 g/mol. The normalized spacial score (nSPS) is 13.2. The number of hydrogen-bond acceptors (Lipinski definition) is 6. The SMILES string of the molecule is O=C1C(=Cc2nc3oc(-c4ccccc4)cc3n2-c2nccs2)C(=O)c2cc3ccccc3cc21. The van der Waals surface area contributed by atoms with Gasteiger partial charge in [0.05, 0.1) is 5.57 Å². The van der Waals surface area contributed by atoms with Crippen molar-refractivity contribution in [3.8, 4) is 16.5 Å². The number of nitrogens with zero attached hydrogens (tertiary/aromatic N) is 3. The predicted octanol–water partition coefficient (Wildman–Crippen LogP) is 6.36. The van der Waals surface area contributed by atoms with Gasteiger partial charge in [-0.15, -0.1) is 11.3 Å². The van der Waals surface area contributed by atoms with E-state index in [0.717, 1.165) is 16.3 Å². The summed E-state index contributed by atoms with van der Waals surface area (Å²) in [6.07, 6.45) is 3.25. The highest BCUT2D eigenvalue weighted by Crippen LogP contribution is 2.34. The van der Waals surface area contributed by atoms with Crippen molar-refractivity contribution >= 4 is 51.0 Å². The van der Waals surface area contributed by atoms with Crippen LogP contribution in [0.4, 0.5) is 0 Å². The van der Waals surface area contributed by atoms with Crippen LogP contribution >= 0.6 is 11.3 Å². The number of carbonyl (C=O) groups excluding carboxylic acids is 2. The van der Waals surface area contributed by atoms with Crippen LogP contribution in [0.3, 0.4) is 0 Å². The molecule has 6 aromatic rings. The first-order chi connectivity index (χ1) is 17.2. The maximum atomic E-state index is 13.3. The molecule has 3 heterocycles. The van der Waals surface area contributed by atoms with Gasteiger partial charge in [-0.05, 0) is 29.0 Å². The van der Waals surface area contributed by atoms with E-state index in [1.54, 1.807) is 24.4 Å². The second-order valence-electron chi connectivity index (χ2n) is 8.25. The molecule has 6 nitrogen and oxygen atoms in total. The molecule has 7 heteroatoms. The van der Waals surface area contributed by atoms with Gasteiger partial charge < -0.3 is 4.42 Å². The summed E-state index contributed by atoms with van der Waals surface area (Å²) in [4.78, 5) is 35.7. The van der Waals surface area contributed by atoms with Crippen molar-refractivity contribution in [2.75, 3.05) is 0 Å². The van der Waals surface area contributed by atoms with Crippen LogP contribution in [-0.2, 0) is 0 Å². The number of Topliss-reactive ketones (excluding diaryl/α,β-unsaturated/α-hetero) is 2. The van der Waals surface area contributed by atoms with Crippen LogP contribution < -0.4 is 0 Å². The molecule has 3 aromatic heterocycles. The number of fused-ring (bicyclic) bond motifs is 3. The van der Waals surface area contributed by atoms with Crippen molar-refractivity contribution in [3.63, 3.8) is 0 Å². The average Bonchev–Trinajstić information content (AvgIpc) is 3.66. The minimum absolute atomic E-state index is 0.0871. The van der Waals surface area contributed by atoms with Crippen molar-refractivity contribution in [2.45, 2.75) is 0 Å². The lowest BCUT2D eigenvalue weighted by Gasteiger charge is -2.02. The average molecular weight is 474 g/mol. The van der Waals surface area contributed by atoms with Crippen molar-refractivity contribution in [2.24, 2.45) is 0 Å². The van der Waals surface area contributed by atoms with Gasteiger partial charge in [-0.25, -0.2) is 4.98 Å². The number of benzene rings is 3. The molecule has 0 saturated heterocycles. The molecule has 0 amide bonds. The van der Waals surface area contributed by atoms with Gasteiger partial charge in [0.1, 0.15) is 17.1 Å². The molecule has 1 aliphatic rings. The van der Waals surface area contributed by atoms with Crippen molar-refractivity contribution in [1.82, 2.24) is 14.5 Å². The van der Waals surface area contributed by atoms with Crippen LogP contribution in [0.2, 0.25) is 0 Å². The smallest absolute Gasteiger partial charge is 0.246 e. The van der Waals surface area contributed by atoms with Gasteiger partial charge in [0, 0.05) is 34.3 Å². The number of thiazole rings is 1. The van der Waals surface area contributed by atoms with E-state index < -0.39 is 0 Å². The zero-order chi connectivity index (χ0) is 23.5. The number of hydrogen-bond donors (Lipinski definition) is 0. The summed E-state index contributed by atoms with van der Waals surface area (Å²) < 4.78 is 7.87. The standard InChI is InChI=1S/C28H15N3O3S/c32-25-19-12-17-8-4-5-9-18(17)13-20(19)26(33)21(25)14-24-30-27-22(31(24)28-29-10-11-35-28)15-23(34-27)16-6-2-1-3-7-16/h1-15H. The number of allylic oxidation sites excluding steroid dienone is 1. The van der Waals surface area contributed by atoms with E-state index in [9.17, 15) is 9.59 Å². The molecule has 0 saturated carbocycles. The van der Waals surface area contributed by atoms with Gasteiger partial charge >= 0.3 is 0 Å². The lowest BCUT2D eigenvalue weighted by Crippen LogP contribution is -2.03. The molecular formula is C28H15N3O3S. The number of ketones is 2. The highest BCUT2D eigenvalue weighted by atomic mass is 32.1. The zero-order valence-electron chi connectivity index (χ0n) is 18.1. The topological polar surface area (TPSA) is 78.0 Å². The Hall–Kier alpha value is -4.62. The quantitative estimate of drug-likeness (QED) is 0.221. The fraction of sp³-hybridized carbons (Fsp3) is 0. The Labute approximate surface area is 202 Å². The maximum Gasteiger partial charge on any atom is 0.246 e. The predicted molar refractivity (Wildman–Crippen MR) is 135 cm³/mol. The highest BCUT2D eigenvalue weighted by Gasteiger charge is 2.34. The third-order valence-electron chi connectivity index (χ3n) is 6.19. The fourth-order valence-corrected chi connectivity index (χ4v) is 5.19. The molecule has 0 spiro atoms. The Morgan fingerprint density at radius 3 is 2.20 bits per heavy atom. The van der Waals surface area contributed by atoms with Crippen LogP contribution in [0.15, 0.2) is 94.4 Å². The summed E-state index contributed by atoms with van der Waals surface area (Å²) in [7, 11) is 0. The summed E-state index contributed by atoms with van der Waals surface area (Å²) in [6, 6.07) is 22.9. The fourth-order valence-electron chi connectivity index (χ4n) is 4.53. The second kappa shape index (κ2) is 7.44. The molecule has 35 heavy (non-hydrogen) atoms. The Balaban J connectivity index is 1.40. The first-order valence-electron chi connectivity index (χ1n) is 11.0. The van der Waals surface area contributed by atoms with E-state index in [-0.39, 0.29) is 17.1 Å². The number of carbonyl (C=O) groups is 2. The van der Waals surface area contributed by atoms with E-state index in [1.807, 2.05) is 70.6 Å². The first kappa shape index (κ1) is 19.8. The van der Waals surface area contributed by atoms with Crippen LogP contribution in [0.1, 0.15) is 26.5 Å². The molecule has 0 fully saturated rings. The van der Waals surface area contributed by atoms with Gasteiger partial charge in [-0.2, -0.15) is 4.98 Å². The van der Waals surface area contributed by atoms with Crippen molar-refractivity contribution in [1.29, 1.82) is 0 Å². The van der Waals surface area contributed by atoms with Gasteiger partial charge in [0.2, 0.25) is 5.71 Å². The zero-order valence-corrected chi connectivity index (χ0v) is 19.0.